The third-order valence-corrected chi connectivity index (χ3v) is 3.98. The molecule has 0 bridgehead atoms. The van der Waals surface area contributed by atoms with Gasteiger partial charge in [-0.1, -0.05) is 6.07 Å². The fourth-order valence-electron chi connectivity index (χ4n) is 2.06. The maximum Gasteiger partial charge on any atom is 0.329 e. The second-order valence-electron chi connectivity index (χ2n) is 5.21. The van der Waals surface area contributed by atoms with Crippen molar-refractivity contribution < 1.29 is 19.1 Å². The summed E-state index contributed by atoms with van der Waals surface area (Å²) in [7, 11) is 0. The van der Waals surface area contributed by atoms with E-state index in [9.17, 15) is 14.4 Å². The molecule has 1 saturated heterocycles. The zero-order valence-corrected chi connectivity index (χ0v) is 13.9. The molecule has 1 heterocycles. The van der Waals surface area contributed by atoms with E-state index < -0.39 is 24.0 Å². The zero-order chi connectivity index (χ0) is 16.3. The standard InChI is InChI=1S/C15H17BrN2O4/c1-8-3-4-11(10(16)7-8)18-14(20)9(2)22-15(21)12-5-6-13(19)17-12/h3-4,7,9,12H,5-6H2,1-2H3,(H,17,19)(H,18,20)/t9-,12+/m0/s1. The molecule has 0 radical (unpaired) electrons. The molecule has 7 heteroatoms. The van der Waals surface area contributed by atoms with Gasteiger partial charge in [0.25, 0.3) is 5.91 Å². The number of halogens is 1. The minimum Gasteiger partial charge on any atom is -0.451 e. The third kappa shape index (κ3) is 4.07. The molecule has 1 fully saturated rings. The summed E-state index contributed by atoms with van der Waals surface area (Å²) in [5.74, 6) is -1.19. The van der Waals surface area contributed by atoms with E-state index in [4.69, 9.17) is 4.74 Å². The fraction of sp³-hybridized carbons (Fsp3) is 0.400. The van der Waals surface area contributed by atoms with Crippen molar-refractivity contribution in [2.24, 2.45) is 0 Å². The van der Waals surface area contributed by atoms with E-state index in [0.29, 0.717) is 18.5 Å². The number of hydrogen-bond donors (Lipinski definition) is 2. The first kappa shape index (κ1) is 16.5. The number of rotatable bonds is 4. The van der Waals surface area contributed by atoms with Gasteiger partial charge in [0.2, 0.25) is 5.91 Å². The van der Waals surface area contributed by atoms with Crippen LogP contribution in [0.1, 0.15) is 25.3 Å². The molecule has 1 aromatic rings. The van der Waals surface area contributed by atoms with Gasteiger partial charge in [-0.2, -0.15) is 0 Å². The van der Waals surface area contributed by atoms with E-state index in [-0.39, 0.29) is 5.91 Å². The number of benzene rings is 1. The fourth-order valence-corrected chi connectivity index (χ4v) is 2.65. The van der Waals surface area contributed by atoms with E-state index in [0.717, 1.165) is 10.0 Å². The van der Waals surface area contributed by atoms with Crippen LogP contribution in [0.3, 0.4) is 0 Å². The first-order chi connectivity index (χ1) is 10.4. The molecule has 0 aliphatic carbocycles. The third-order valence-electron chi connectivity index (χ3n) is 3.32. The number of ether oxygens (including phenoxy) is 1. The molecule has 1 aliphatic rings. The minimum absolute atomic E-state index is 0.178. The number of amides is 2. The van der Waals surface area contributed by atoms with Crippen molar-refractivity contribution in [3.8, 4) is 0 Å². The predicted octanol–water partition coefficient (Wildman–Crippen LogP) is 1.91. The molecule has 1 aromatic carbocycles. The molecular weight excluding hydrogens is 352 g/mol. The summed E-state index contributed by atoms with van der Waals surface area (Å²) in [6.07, 6.45) is -0.246. The van der Waals surface area contributed by atoms with Gasteiger partial charge in [0, 0.05) is 10.9 Å². The SMILES string of the molecule is Cc1ccc(NC(=O)[C@H](C)OC(=O)[C@H]2CCC(=O)N2)c(Br)c1. The van der Waals surface area contributed by atoms with Crippen LogP contribution in [0.5, 0.6) is 0 Å². The van der Waals surface area contributed by atoms with Crippen molar-refractivity contribution >= 4 is 39.4 Å². The Morgan fingerprint density at radius 3 is 2.77 bits per heavy atom. The lowest BCUT2D eigenvalue weighted by Crippen LogP contribution is -2.39. The number of aryl methyl sites for hydroxylation is 1. The van der Waals surface area contributed by atoms with Crippen molar-refractivity contribution in [1.29, 1.82) is 0 Å². The van der Waals surface area contributed by atoms with E-state index >= 15 is 0 Å². The number of esters is 1. The summed E-state index contributed by atoms with van der Waals surface area (Å²) >= 11 is 3.37. The van der Waals surface area contributed by atoms with Gasteiger partial charge in [-0.05, 0) is 53.9 Å². The smallest absolute Gasteiger partial charge is 0.329 e. The highest BCUT2D eigenvalue weighted by Crippen LogP contribution is 2.23. The lowest BCUT2D eigenvalue weighted by molar-refractivity contribution is -0.155. The van der Waals surface area contributed by atoms with Gasteiger partial charge >= 0.3 is 5.97 Å². The van der Waals surface area contributed by atoms with Crippen LogP contribution in [0.15, 0.2) is 22.7 Å². The summed E-state index contributed by atoms with van der Waals surface area (Å²) in [5.41, 5.74) is 1.66. The van der Waals surface area contributed by atoms with Gasteiger partial charge < -0.3 is 15.4 Å². The molecule has 0 saturated carbocycles. The zero-order valence-electron chi connectivity index (χ0n) is 12.3. The normalized spacial score (nSPS) is 18.5. The summed E-state index contributed by atoms with van der Waals surface area (Å²) in [6.45, 7) is 3.43. The largest absolute Gasteiger partial charge is 0.451 e. The van der Waals surface area contributed by atoms with Gasteiger partial charge in [0.15, 0.2) is 6.10 Å². The first-order valence-electron chi connectivity index (χ1n) is 6.93. The van der Waals surface area contributed by atoms with Crippen molar-refractivity contribution in [3.05, 3.63) is 28.2 Å². The number of anilines is 1. The number of carbonyl (C=O) groups excluding carboxylic acids is 3. The van der Waals surface area contributed by atoms with Crippen molar-refractivity contribution in [2.45, 2.75) is 38.8 Å². The van der Waals surface area contributed by atoms with E-state index in [1.807, 2.05) is 19.1 Å². The number of carbonyl (C=O) groups is 3. The molecule has 2 amide bonds. The highest BCUT2D eigenvalue weighted by Gasteiger charge is 2.30. The second-order valence-corrected chi connectivity index (χ2v) is 6.06. The average molecular weight is 369 g/mol. The Balaban J connectivity index is 1.91. The maximum atomic E-state index is 12.1. The minimum atomic E-state index is -0.946. The summed E-state index contributed by atoms with van der Waals surface area (Å²) in [6, 6.07) is 4.85. The Morgan fingerprint density at radius 2 is 2.18 bits per heavy atom. The van der Waals surface area contributed by atoms with Crippen LogP contribution in [0.2, 0.25) is 0 Å². The molecule has 2 rings (SSSR count). The molecule has 0 aromatic heterocycles. The predicted molar refractivity (Wildman–Crippen MR) is 84.2 cm³/mol. The van der Waals surface area contributed by atoms with Crippen LogP contribution in [-0.4, -0.2) is 29.9 Å². The Morgan fingerprint density at radius 1 is 1.45 bits per heavy atom. The quantitative estimate of drug-likeness (QED) is 0.795. The Bertz CT molecular complexity index is 618. The summed E-state index contributed by atoms with van der Waals surface area (Å²) < 4.78 is 5.85. The Kier molecular flexibility index (Phi) is 5.18. The topological polar surface area (TPSA) is 84.5 Å². The Labute approximate surface area is 136 Å². The van der Waals surface area contributed by atoms with Crippen LogP contribution in [0.25, 0.3) is 0 Å². The molecule has 1 aliphatic heterocycles. The molecular formula is C15H17BrN2O4. The van der Waals surface area contributed by atoms with Crippen LogP contribution in [0, 0.1) is 6.92 Å². The van der Waals surface area contributed by atoms with Gasteiger partial charge in [-0.25, -0.2) is 4.79 Å². The molecule has 2 atom stereocenters. The maximum absolute atomic E-state index is 12.1. The molecule has 6 nitrogen and oxygen atoms in total. The second kappa shape index (κ2) is 6.91. The van der Waals surface area contributed by atoms with Crippen LogP contribution < -0.4 is 10.6 Å². The number of nitrogens with one attached hydrogen (secondary N) is 2. The highest BCUT2D eigenvalue weighted by molar-refractivity contribution is 9.10. The van der Waals surface area contributed by atoms with Crippen molar-refractivity contribution in [2.75, 3.05) is 5.32 Å². The Hall–Kier alpha value is -1.89. The van der Waals surface area contributed by atoms with Crippen LogP contribution in [0.4, 0.5) is 5.69 Å². The van der Waals surface area contributed by atoms with E-state index in [1.165, 1.54) is 6.92 Å². The summed E-state index contributed by atoms with van der Waals surface area (Å²) in [5, 5.41) is 5.20. The highest BCUT2D eigenvalue weighted by atomic mass is 79.9. The van der Waals surface area contributed by atoms with Crippen molar-refractivity contribution in [1.82, 2.24) is 5.32 Å². The molecule has 0 spiro atoms. The van der Waals surface area contributed by atoms with Crippen LogP contribution >= 0.6 is 15.9 Å². The van der Waals surface area contributed by atoms with Crippen LogP contribution in [-0.2, 0) is 19.1 Å². The van der Waals surface area contributed by atoms with Gasteiger partial charge in [-0.15, -0.1) is 0 Å². The first-order valence-corrected chi connectivity index (χ1v) is 7.73. The molecule has 118 valence electrons. The lowest BCUT2D eigenvalue weighted by atomic mass is 10.2. The number of hydrogen-bond acceptors (Lipinski definition) is 4. The van der Waals surface area contributed by atoms with Crippen molar-refractivity contribution in [3.63, 3.8) is 0 Å². The molecule has 2 N–H and O–H groups in total. The van der Waals surface area contributed by atoms with Gasteiger partial charge in [0.05, 0.1) is 5.69 Å². The molecule has 0 unspecified atom stereocenters. The van der Waals surface area contributed by atoms with Gasteiger partial charge in [0.1, 0.15) is 6.04 Å². The van der Waals surface area contributed by atoms with Gasteiger partial charge in [-0.3, -0.25) is 9.59 Å². The lowest BCUT2D eigenvalue weighted by Gasteiger charge is -2.16. The average Bonchev–Trinajstić information content (AvgIpc) is 2.88. The van der Waals surface area contributed by atoms with E-state index in [1.54, 1.807) is 6.07 Å². The summed E-state index contributed by atoms with van der Waals surface area (Å²) in [4.78, 5) is 35.0. The molecule has 22 heavy (non-hydrogen) atoms. The monoisotopic (exact) mass is 368 g/mol. The van der Waals surface area contributed by atoms with E-state index in [2.05, 4.69) is 26.6 Å².